The predicted octanol–water partition coefficient (Wildman–Crippen LogP) is 2.50. The van der Waals surface area contributed by atoms with Crippen molar-refractivity contribution < 1.29 is 9.50 Å². The van der Waals surface area contributed by atoms with Gasteiger partial charge in [0.15, 0.2) is 0 Å². The average molecular weight is 290 g/mol. The predicted molar refractivity (Wildman–Crippen MR) is 77.9 cm³/mol. The first-order valence-corrected chi connectivity index (χ1v) is 7.10. The second-order valence-corrected chi connectivity index (χ2v) is 5.29. The molecule has 5 heteroatoms. The van der Waals surface area contributed by atoms with Crippen molar-refractivity contribution in [1.29, 1.82) is 0 Å². The molecule has 0 bridgehead atoms. The van der Waals surface area contributed by atoms with Crippen molar-refractivity contribution >= 4 is 11.8 Å². The van der Waals surface area contributed by atoms with Gasteiger partial charge in [0.05, 0.1) is 10.7 Å². The lowest BCUT2D eigenvalue weighted by molar-refractivity contribution is 0.350. The molecule has 0 saturated heterocycles. The fraction of sp³-hybridized carbons (Fsp3) is 0.267. The molecule has 1 heterocycles. The van der Waals surface area contributed by atoms with E-state index >= 15 is 0 Å². The number of hydrogen-bond donors (Lipinski definition) is 1. The van der Waals surface area contributed by atoms with Crippen molar-refractivity contribution in [3.05, 3.63) is 46.9 Å². The van der Waals surface area contributed by atoms with Gasteiger partial charge in [-0.1, -0.05) is 17.9 Å². The summed E-state index contributed by atoms with van der Waals surface area (Å²) in [5, 5.41) is 14.1. The SMILES string of the molecule is Cc1cc(SCc2ccc(F)cc2C#CCO)n(C)n1. The number of thioether (sulfide) groups is 1. The lowest BCUT2D eigenvalue weighted by Crippen LogP contribution is -1.94. The Kier molecular flexibility index (Phi) is 4.83. The molecule has 0 fully saturated rings. The molecule has 0 atom stereocenters. The molecule has 0 saturated carbocycles. The number of hydrogen-bond acceptors (Lipinski definition) is 3. The van der Waals surface area contributed by atoms with Crippen LogP contribution >= 0.6 is 11.8 Å². The molecule has 20 heavy (non-hydrogen) atoms. The average Bonchev–Trinajstić information content (AvgIpc) is 2.73. The van der Waals surface area contributed by atoms with Crippen molar-refractivity contribution in [3.8, 4) is 11.8 Å². The first kappa shape index (κ1) is 14.6. The lowest BCUT2D eigenvalue weighted by Gasteiger charge is -2.05. The van der Waals surface area contributed by atoms with E-state index in [0.717, 1.165) is 16.3 Å². The Labute approximate surface area is 121 Å². The molecule has 0 spiro atoms. The molecule has 0 unspecified atom stereocenters. The summed E-state index contributed by atoms with van der Waals surface area (Å²) < 4.78 is 15.1. The lowest BCUT2D eigenvalue weighted by atomic mass is 10.1. The molecule has 0 aliphatic heterocycles. The van der Waals surface area contributed by atoms with Crippen LogP contribution in [0.1, 0.15) is 16.8 Å². The zero-order valence-electron chi connectivity index (χ0n) is 11.4. The molecule has 2 aromatic rings. The van der Waals surface area contributed by atoms with Crippen LogP contribution in [0.25, 0.3) is 0 Å². The van der Waals surface area contributed by atoms with Crippen LogP contribution in [-0.4, -0.2) is 21.5 Å². The van der Waals surface area contributed by atoms with Gasteiger partial charge in [0.25, 0.3) is 0 Å². The number of nitrogens with zero attached hydrogens (tertiary/aromatic N) is 2. The van der Waals surface area contributed by atoms with Crippen LogP contribution in [0.5, 0.6) is 0 Å². The third-order valence-electron chi connectivity index (χ3n) is 2.71. The van der Waals surface area contributed by atoms with Crippen molar-refractivity contribution in [2.45, 2.75) is 17.7 Å². The highest BCUT2D eigenvalue weighted by Crippen LogP contribution is 2.25. The molecule has 0 aliphatic rings. The molecular formula is C15H15FN2OS. The zero-order valence-corrected chi connectivity index (χ0v) is 12.2. The highest BCUT2D eigenvalue weighted by Gasteiger charge is 2.06. The third-order valence-corrected chi connectivity index (χ3v) is 3.84. The van der Waals surface area contributed by atoms with E-state index in [1.54, 1.807) is 17.8 Å². The van der Waals surface area contributed by atoms with E-state index in [1.165, 1.54) is 12.1 Å². The molecule has 0 aliphatic carbocycles. The van der Waals surface area contributed by atoms with E-state index < -0.39 is 0 Å². The van der Waals surface area contributed by atoms with Crippen LogP contribution in [0.3, 0.4) is 0 Å². The Bertz CT molecular complexity index is 670. The fourth-order valence-electron chi connectivity index (χ4n) is 1.80. The summed E-state index contributed by atoms with van der Waals surface area (Å²) in [6, 6.07) is 6.56. The van der Waals surface area contributed by atoms with Gasteiger partial charge >= 0.3 is 0 Å². The van der Waals surface area contributed by atoms with E-state index in [9.17, 15) is 4.39 Å². The normalized spacial score (nSPS) is 10.2. The van der Waals surface area contributed by atoms with Gasteiger partial charge in [0.1, 0.15) is 12.4 Å². The zero-order chi connectivity index (χ0) is 14.5. The Hall–Kier alpha value is -1.77. The van der Waals surface area contributed by atoms with Gasteiger partial charge < -0.3 is 5.11 Å². The maximum absolute atomic E-state index is 13.3. The third kappa shape index (κ3) is 3.62. The van der Waals surface area contributed by atoms with Crippen molar-refractivity contribution in [2.24, 2.45) is 7.05 Å². The second kappa shape index (κ2) is 6.60. The minimum Gasteiger partial charge on any atom is -0.384 e. The summed E-state index contributed by atoms with van der Waals surface area (Å²) in [6.45, 7) is 1.71. The quantitative estimate of drug-likeness (QED) is 0.697. The summed E-state index contributed by atoms with van der Waals surface area (Å²) in [4.78, 5) is 0. The molecule has 104 valence electrons. The fourth-order valence-corrected chi connectivity index (χ4v) is 2.84. The van der Waals surface area contributed by atoms with Gasteiger partial charge in [-0.25, -0.2) is 4.39 Å². The van der Waals surface area contributed by atoms with Gasteiger partial charge in [-0.2, -0.15) is 5.10 Å². The Morgan fingerprint density at radius 2 is 2.20 bits per heavy atom. The van der Waals surface area contributed by atoms with Crippen LogP contribution in [0.2, 0.25) is 0 Å². The van der Waals surface area contributed by atoms with Gasteiger partial charge in [-0.3, -0.25) is 4.68 Å². The molecule has 3 nitrogen and oxygen atoms in total. The van der Waals surface area contributed by atoms with Gasteiger partial charge in [0.2, 0.25) is 0 Å². The Morgan fingerprint density at radius 3 is 2.85 bits per heavy atom. The van der Waals surface area contributed by atoms with E-state index in [4.69, 9.17) is 5.11 Å². The summed E-state index contributed by atoms with van der Waals surface area (Å²) >= 11 is 1.62. The largest absolute Gasteiger partial charge is 0.384 e. The number of aliphatic hydroxyl groups excluding tert-OH is 1. The topological polar surface area (TPSA) is 38.0 Å². The maximum Gasteiger partial charge on any atom is 0.124 e. The van der Waals surface area contributed by atoms with Crippen LogP contribution in [0, 0.1) is 24.6 Å². The van der Waals surface area contributed by atoms with E-state index in [-0.39, 0.29) is 12.4 Å². The maximum atomic E-state index is 13.3. The highest BCUT2D eigenvalue weighted by atomic mass is 32.2. The molecule has 0 radical (unpaired) electrons. The standard InChI is InChI=1S/C15H15FN2OS/c1-11-8-15(18(2)17-11)20-10-13-5-6-14(16)9-12(13)4-3-7-19/h5-6,8-9,19H,7,10H2,1-2H3. The molecule has 0 amide bonds. The van der Waals surface area contributed by atoms with Crippen LogP contribution in [0.15, 0.2) is 29.3 Å². The van der Waals surface area contributed by atoms with Gasteiger partial charge in [-0.05, 0) is 30.7 Å². The van der Waals surface area contributed by atoms with E-state index in [2.05, 4.69) is 16.9 Å². The van der Waals surface area contributed by atoms with Crippen LogP contribution in [0.4, 0.5) is 4.39 Å². The molecule has 1 aromatic carbocycles. The van der Waals surface area contributed by atoms with E-state index in [1.807, 2.05) is 24.7 Å². The molecular weight excluding hydrogens is 275 g/mol. The summed E-state index contributed by atoms with van der Waals surface area (Å²) in [5.41, 5.74) is 2.52. The minimum atomic E-state index is -0.322. The van der Waals surface area contributed by atoms with Crippen molar-refractivity contribution in [3.63, 3.8) is 0 Å². The number of halogens is 1. The van der Waals surface area contributed by atoms with Crippen molar-refractivity contribution in [1.82, 2.24) is 9.78 Å². The number of benzene rings is 1. The number of aromatic nitrogens is 2. The minimum absolute atomic E-state index is 0.232. The molecule has 1 N–H and O–H groups in total. The highest BCUT2D eigenvalue weighted by molar-refractivity contribution is 7.98. The summed E-state index contributed by atoms with van der Waals surface area (Å²) in [7, 11) is 1.90. The number of aryl methyl sites for hydroxylation is 2. The van der Waals surface area contributed by atoms with E-state index in [0.29, 0.717) is 11.3 Å². The monoisotopic (exact) mass is 290 g/mol. The van der Waals surface area contributed by atoms with Crippen molar-refractivity contribution in [2.75, 3.05) is 6.61 Å². The number of aliphatic hydroxyl groups is 1. The molecule has 2 rings (SSSR count). The van der Waals surface area contributed by atoms with Gasteiger partial charge in [0, 0.05) is 18.4 Å². The van der Waals surface area contributed by atoms with Gasteiger partial charge in [-0.15, -0.1) is 11.8 Å². The first-order valence-electron chi connectivity index (χ1n) is 6.11. The summed E-state index contributed by atoms with van der Waals surface area (Å²) in [6.07, 6.45) is 0. The first-order chi connectivity index (χ1) is 9.60. The van der Waals surface area contributed by atoms with Crippen LogP contribution < -0.4 is 0 Å². The number of rotatable bonds is 3. The molecule has 1 aromatic heterocycles. The Balaban J connectivity index is 2.18. The van der Waals surface area contributed by atoms with Crippen LogP contribution in [-0.2, 0) is 12.8 Å². The Morgan fingerprint density at radius 1 is 1.40 bits per heavy atom. The summed E-state index contributed by atoms with van der Waals surface area (Å²) in [5.74, 6) is 5.70. The smallest absolute Gasteiger partial charge is 0.124 e. The second-order valence-electron chi connectivity index (χ2n) is 4.30.